The minimum atomic E-state index is -1.70. The van der Waals surface area contributed by atoms with Crippen molar-refractivity contribution < 1.29 is 23.0 Å². The number of hydrogen-bond donors (Lipinski definition) is 0. The summed E-state index contributed by atoms with van der Waals surface area (Å²) in [5.74, 6) is 1.89. The zero-order chi connectivity index (χ0) is 54.6. The van der Waals surface area contributed by atoms with E-state index in [0.29, 0.717) is 28.2 Å². The van der Waals surface area contributed by atoms with Crippen molar-refractivity contribution in [3.8, 4) is 62.1 Å². The molecule has 8 aromatic carbocycles. The normalized spacial score (nSPS) is 14.1. The van der Waals surface area contributed by atoms with Crippen molar-refractivity contribution in [3.63, 3.8) is 0 Å². The SMILES string of the molecule is [2H]c1c([2H])c([2H])c(-c2cccc(-c3c([2H])c([2H])c([2H])c([2H])c3[2H])c2-[n+]2[c-]n(-c3cccc(Oc4ccc5c6cc(-c7ccccc7[Si](C)(C)C)ccc6n(-c6cc(C(C)(C)C)ccn6)c5c4)c3)c3ccccc32)c([2H])c1[2H]. The Morgan fingerprint density at radius 1 is 0.582 bits per heavy atom. The van der Waals surface area contributed by atoms with E-state index in [1.807, 2.05) is 66.9 Å². The Hall–Kier alpha value is -7.80. The summed E-state index contributed by atoms with van der Waals surface area (Å²) in [6.07, 6.45) is 5.33. The van der Waals surface area contributed by atoms with Crippen LogP contribution in [0.2, 0.25) is 19.6 Å². The standard InChI is InChI=1S/C61H52N4OSi/c1-61(2,3)45-35-36-62-59(38-45)65-54-34-31-44(49-25-13-16-30-58(49)67(4,5)6)37-53(54)52-33-32-48(40-57(52)65)66-47-24-17-23-46(39-47)63-41-64(56-29-15-14-28-55(56)63)60-50(42-19-9-7-10-20-42)26-18-27-51(60)43-21-11-8-12-22-43/h7-40H,1-6H3/i7D,8D,9D,10D,11D,12D,19D,20D,21D,22D. The summed E-state index contributed by atoms with van der Waals surface area (Å²) in [4.78, 5) is 4.95. The second-order valence-corrected chi connectivity index (χ2v) is 23.8. The second kappa shape index (κ2) is 16.6. The Bertz CT molecular complexity index is 4100. The summed E-state index contributed by atoms with van der Waals surface area (Å²) in [5, 5.41) is 3.53. The number of hydrogen-bond acceptors (Lipinski definition) is 2. The van der Waals surface area contributed by atoms with Crippen LogP contribution < -0.4 is 14.5 Å². The predicted octanol–water partition coefficient (Wildman–Crippen LogP) is 14.8. The van der Waals surface area contributed by atoms with Crippen LogP contribution in [0.1, 0.15) is 40.0 Å². The Labute approximate surface area is 407 Å². The first-order chi connectivity index (χ1) is 36.6. The number of aromatic nitrogens is 4. The van der Waals surface area contributed by atoms with Crippen LogP contribution in [0.25, 0.3) is 83.4 Å². The summed E-state index contributed by atoms with van der Waals surface area (Å²) < 4.78 is 99.8. The van der Waals surface area contributed by atoms with Crippen LogP contribution in [-0.2, 0) is 5.41 Å². The third-order valence-corrected chi connectivity index (χ3v) is 14.3. The van der Waals surface area contributed by atoms with Crippen molar-refractivity contribution in [2.24, 2.45) is 0 Å². The molecule has 0 spiro atoms. The minimum Gasteiger partial charge on any atom is -0.458 e. The number of rotatable bonds is 9. The molecule has 5 nitrogen and oxygen atoms in total. The van der Waals surface area contributed by atoms with Gasteiger partial charge in [-0.15, -0.1) is 0 Å². The van der Waals surface area contributed by atoms with Crippen molar-refractivity contribution >= 4 is 46.1 Å². The fourth-order valence-corrected chi connectivity index (χ4v) is 10.7. The van der Waals surface area contributed by atoms with E-state index in [2.05, 4.69) is 112 Å². The molecule has 11 rings (SSSR count). The van der Waals surface area contributed by atoms with Gasteiger partial charge in [0.15, 0.2) is 0 Å². The topological polar surface area (TPSA) is 35.9 Å². The Morgan fingerprint density at radius 2 is 1.25 bits per heavy atom. The lowest BCUT2D eigenvalue weighted by Gasteiger charge is -2.21. The molecule has 0 radical (unpaired) electrons. The average molecular weight is 895 g/mol. The third-order valence-electron chi connectivity index (χ3n) is 12.3. The maximum atomic E-state index is 9.06. The number of pyridine rings is 1. The van der Waals surface area contributed by atoms with Gasteiger partial charge in [0.2, 0.25) is 0 Å². The zero-order valence-corrected chi connectivity index (χ0v) is 39.1. The van der Waals surface area contributed by atoms with Gasteiger partial charge in [0.05, 0.1) is 55.2 Å². The number of benzene rings is 8. The molecule has 0 aliphatic carbocycles. The minimum absolute atomic E-state index is 0.119. The average Bonchev–Trinajstić information content (AvgIpc) is 3.96. The summed E-state index contributed by atoms with van der Waals surface area (Å²) in [6.45, 7) is 13.7. The molecule has 0 fully saturated rings. The molecule has 6 heteroatoms. The van der Waals surface area contributed by atoms with Crippen molar-refractivity contribution in [1.29, 1.82) is 0 Å². The number of para-hydroxylation sites is 3. The van der Waals surface area contributed by atoms with Gasteiger partial charge in [-0.05, 0) is 99.0 Å². The largest absolute Gasteiger partial charge is 0.458 e. The highest BCUT2D eigenvalue weighted by Gasteiger charge is 2.24. The van der Waals surface area contributed by atoms with Crippen LogP contribution in [0, 0.1) is 6.33 Å². The first kappa shape index (κ1) is 32.0. The number of fused-ring (bicyclic) bond motifs is 4. The predicted molar refractivity (Wildman–Crippen MR) is 280 cm³/mol. The van der Waals surface area contributed by atoms with Crippen LogP contribution in [0.4, 0.5) is 0 Å². The molecule has 0 unspecified atom stereocenters. The highest BCUT2D eigenvalue weighted by molar-refractivity contribution is 6.89. The van der Waals surface area contributed by atoms with Crippen LogP contribution in [0.5, 0.6) is 11.5 Å². The number of imidazole rings is 1. The second-order valence-electron chi connectivity index (χ2n) is 18.8. The summed E-state index contributed by atoms with van der Waals surface area (Å²) in [5.41, 5.74) is 7.45. The van der Waals surface area contributed by atoms with Crippen LogP contribution >= 0.6 is 0 Å². The molecule has 0 amide bonds. The quantitative estimate of drug-likeness (QED) is 0.0822. The van der Waals surface area contributed by atoms with E-state index in [1.54, 1.807) is 27.3 Å². The molecule has 67 heavy (non-hydrogen) atoms. The van der Waals surface area contributed by atoms with Gasteiger partial charge in [0, 0.05) is 23.0 Å². The first-order valence-corrected chi connectivity index (χ1v) is 25.8. The fraction of sp³-hybridized carbons (Fsp3) is 0.115. The molecule has 11 aromatic rings. The third kappa shape index (κ3) is 7.73. The van der Waals surface area contributed by atoms with E-state index in [4.69, 9.17) is 23.4 Å². The Kier molecular flexibility index (Phi) is 7.90. The summed E-state index contributed by atoms with van der Waals surface area (Å²) >= 11 is 0. The van der Waals surface area contributed by atoms with Gasteiger partial charge in [-0.3, -0.25) is 13.7 Å². The van der Waals surface area contributed by atoms with Gasteiger partial charge in [-0.1, -0.05) is 185 Å². The molecule has 0 saturated heterocycles. The Morgan fingerprint density at radius 3 is 1.99 bits per heavy atom. The smallest absolute Gasteiger partial charge is 0.269 e. The summed E-state index contributed by atoms with van der Waals surface area (Å²) in [7, 11) is -1.70. The highest BCUT2D eigenvalue weighted by atomic mass is 28.3. The number of nitrogens with zero attached hydrogens (tertiary/aromatic N) is 4. The summed E-state index contributed by atoms with van der Waals surface area (Å²) in [6, 6.07) is 40.3. The molecule has 0 atom stereocenters. The Balaban J connectivity index is 1.07. The monoisotopic (exact) mass is 894 g/mol. The van der Waals surface area contributed by atoms with Gasteiger partial charge < -0.3 is 4.74 Å². The lowest BCUT2D eigenvalue weighted by Crippen LogP contribution is -2.38. The lowest BCUT2D eigenvalue weighted by atomic mass is 9.88. The molecule has 3 heterocycles. The van der Waals surface area contributed by atoms with E-state index in [0.717, 1.165) is 38.8 Å². The van der Waals surface area contributed by atoms with Gasteiger partial charge in [-0.2, -0.15) is 0 Å². The molecule has 0 aliphatic rings. The van der Waals surface area contributed by atoms with Crippen molar-refractivity contribution in [2.45, 2.75) is 45.8 Å². The number of ether oxygens (including phenoxy) is 1. The first-order valence-electron chi connectivity index (χ1n) is 27.3. The van der Waals surface area contributed by atoms with E-state index >= 15 is 0 Å². The van der Waals surface area contributed by atoms with Crippen LogP contribution in [0.15, 0.2) is 206 Å². The maximum Gasteiger partial charge on any atom is 0.269 e. The van der Waals surface area contributed by atoms with Gasteiger partial charge in [0.1, 0.15) is 17.3 Å². The highest BCUT2D eigenvalue weighted by Crippen LogP contribution is 2.39. The maximum absolute atomic E-state index is 9.06. The van der Waals surface area contributed by atoms with Crippen LogP contribution in [0.3, 0.4) is 0 Å². The van der Waals surface area contributed by atoms with Gasteiger partial charge >= 0.3 is 0 Å². The molecular formula is C61H52N4OSi. The molecule has 3 aromatic heterocycles. The lowest BCUT2D eigenvalue weighted by molar-refractivity contribution is -0.571. The van der Waals surface area contributed by atoms with E-state index < -0.39 is 68.5 Å². The molecule has 0 saturated carbocycles. The van der Waals surface area contributed by atoms with E-state index in [1.165, 1.54) is 10.8 Å². The van der Waals surface area contributed by atoms with Crippen molar-refractivity contribution in [1.82, 2.24) is 14.1 Å². The van der Waals surface area contributed by atoms with E-state index in [-0.39, 0.29) is 33.4 Å². The van der Waals surface area contributed by atoms with Crippen molar-refractivity contribution in [2.75, 3.05) is 0 Å². The fourth-order valence-electron chi connectivity index (χ4n) is 9.07. The van der Waals surface area contributed by atoms with Gasteiger partial charge in [-0.25, -0.2) is 4.98 Å². The van der Waals surface area contributed by atoms with Crippen molar-refractivity contribution in [3.05, 3.63) is 218 Å². The zero-order valence-electron chi connectivity index (χ0n) is 48.1. The van der Waals surface area contributed by atoms with Crippen LogP contribution in [-0.4, -0.2) is 22.2 Å². The molecular weight excluding hydrogens is 833 g/mol. The molecule has 0 aliphatic heterocycles. The molecule has 0 bridgehead atoms. The van der Waals surface area contributed by atoms with Gasteiger partial charge in [0.25, 0.3) is 6.33 Å². The van der Waals surface area contributed by atoms with E-state index in [9.17, 15) is 0 Å². The molecule has 0 N–H and O–H groups in total. The molecule has 326 valence electrons.